The number of hydrogen-bond acceptors (Lipinski definition) is 4. The molecule has 1 aliphatic carbocycles. The third-order valence-corrected chi connectivity index (χ3v) is 4.92. The minimum absolute atomic E-state index is 0.518. The number of morpholine rings is 1. The smallest absolute Gasteiger partial charge is 0.122 e. The molecule has 2 N–H and O–H groups in total. The highest BCUT2D eigenvalue weighted by molar-refractivity contribution is 4.96. The van der Waals surface area contributed by atoms with E-state index in [1.54, 1.807) is 0 Å². The molecule has 1 aromatic rings. The van der Waals surface area contributed by atoms with E-state index in [9.17, 15) is 0 Å². The van der Waals surface area contributed by atoms with Crippen molar-refractivity contribution in [1.29, 1.82) is 0 Å². The Morgan fingerprint density at radius 2 is 2.36 bits per heavy atom. The first kappa shape index (κ1) is 16.0. The molecule has 3 unspecified atom stereocenters. The van der Waals surface area contributed by atoms with Gasteiger partial charge in [-0.1, -0.05) is 20.3 Å². The topological polar surface area (TPSA) is 51.1 Å². The van der Waals surface area contributed by atoms with Gasteiger partial charge in [-0.3, -0.25) is 0 Å². The molecular weight excluding hydrogens is 276 g/mol. The maximum absolute atomic E-state index is 5.65. The van der Waals surface area contributed by atoms with Crippen molar-refractivity contribution >= 4 is 0 Å². The van der Waals surface area contributed by atoms with Gasteiger partial charge in [0.25, 0.3) is 0 Å². The zero-order valence-electron chi connectivity index (χ0n) is 13.9. The number of nitrogens with one attached hydrogen (secondary N) is 2. The number of imidazole rings is 1. The highest BCUT2D eigenvalue weighted by atomic mass is 16.5. The summed E-state index contributed by atoms with van der Waals surface area (Å²) in [6.07, 6.45) is 7.91. The molecule has 3 rings (SSSR count). The standard InChI is InChI=1S/C17H30N4O/c1-13(2)11-21-8-6-19-17(21)10-20-15-5-3-4-14(15)16-12-22-9-7-18-16/h6,8,13-16,18,20H,3-5,7,9-12H2,1-2H3. The van der Waals surface area contributed by atoms with Crippen molar-refractivity contribution < 1.29 is 4.74 Å². The van der Waals surface area contributed by atoms with Gasteiger partial charge in [-0.2, -0.15) is 0 Å². The maximum Gasteiger partial charge on any atom is 0.122 e. The van der Waals surface area contributed by atoms with E-state index in [0.717, 1.165) is 38.7 Å². The van der Waals surface area contributed by atoms with Crippen LogP contribution in [-0.4, -0.2) is 41.4 Å². The van der Waals surface area contributed by atoms with Gasteiger partial charge in [-0.05, 0) is 24.7 Å². The summed E-state index contributed by atoms with van der Waals surface area (Å²) in [7, 11) is 0. The minimum Gasteiger partial charge on any atom is -0.379 e. The van der Waals surface area contributed by atoms with Gasteiger partial charge in [0.1, 0.15) is 5.82 Å². The van der Waals surface area contributed by atoms with Gasteiger partial charge in [0.15, 0.2) is 0 Å². The molecule has 0 aromatic carbocycles. The maximum atomic E-state index is 5.65. The molecule has 124 valence electrons. The summed E-state index contributed by atoms with van der Waals surface area (Å²) >= 11 is 0. The molecule has 1 saturated heterocycles. The first-order valence-electron chi connectivity index (χ1n) is 8.78. The Kier molecular flexibility index (Phi) is 5.50. The van der Waals surface area contributed by atoms with Crippen LogP contribution >= 0.6 is 0 Å². The summed E-state index contributed by atoms with van der Waals surface area (Å²) in [4.78, 5) is 4.53. The largest absolute Gasteiger partial charge is 0.379 e. The summed E-state index contributed by atoms with van der Waals surface area (Å²) in [5.41, 5.74) is 0. The molecule has 5 nitrogen and oxygen atoms in total. The summed E-state index contributed by atoms with van der Waals surface area (Å²) in [5.74, 6) is 2.50. The average Bonchev–Trinajstić information content (AvgIpc) is 3.14. The molecule has 1 aliphatic heterocycles. The molecule has 3 atom stereocenters. The number of hydrogen-bond donors (Lipinski definition) is 2. The average molecular weight is 306 g/mol. The van der Waals surface area contributed by atoms with Crippen LogP contribution in [0.4, 0.5) is 0 Å². The molecule has 0 spiro atoms. The van der Waals surface area contributed by atoms with Crippen molar-refractivity contribution in [2.24, 2.45) is 11.8 Å². The second kappa shape index (κ2) is 7.57. The van der Waals surface area contributed by atoms with Crippen LogP contribution in [0.3, 0.4) is 0 Å². The SMILES string of the molecule is CC(C)Cn1ccnc1CNC1CCCC1C1COCCN1. The van der Waals surface area contributed by atoms with Gasteiger partial charge in [-0.25, -0.2) is 4.98 Å². The van der Waals surface area contributed by atoms with Crippen LogP contribution in [-0.2, 0) is 17.8 Å². The Morgan fingerprint density at radius 1 is 1.45 bits per heavy atom. The van der Waals surface area contributed by atoms with Gasteiger partial charge in [-0.15, -0.1) is 0 Å². The quantitative estimate of drug-likeness (QED) is 0.841. The van der Waals surface area contributed by atoms with Crippen molar-refractivity contribution in [3.05, 3.63) is 18.2 Å². The van der Waals surface area contributed by atoms with Crippen molar-refractivity contribution in [1.82, 2.24) is 20.2 Å². The Hall–Kier alpha value is -0.910. The van der Waals surface area contributed by atoms with E-state index in [2.05, 4.69) is 40.2 Å². The third kappa shape index (κ3) is 3.89. The molecular formula is C17H30N4O. The van der Waals surface area contributed by atoms with Gasteiger partial charge in [0, 0.05) is 37.6 Å². The third-order valence-electron chi connectivity index (χ3n) is 4.92. The first-order valence-corrected chi connectivity index (χ1v) is 8.78. The fraction of sp³-hybridized carbons (Fsp3) is 0.824. The van der Waals surface area contributed by atoms with Crippen LogP contribution in [0.25, 0.3) is 0 Å². The Balaban J connectivity index is 1.55. The number of ether oxygens (including phenoxy) is 1. The van der Waals surface area contributed by atoms with E-state index in [4.69, 9.17) is 4.74 Å². The lowest BCUT2D eigenvalue weighted by atomic mass is 9.94. The first-order chi connectivity index (χ1) is 10.7. The predicted octanol–water partition coefficient (Wildman–Crippen LogP) is 1.79. The molecule has 22 heavy (non-hydrogen) atoms. The molecule has 1 saturated carbocycles. The van der Waals surface area contributed by atoms with Crippen LogP contribution in [0.15, 0.2) is 12.4 Å². The van der Waals surface area contributed by atoms with Crippen LogP contribution in [0, 0.1) is 11.8 Å². The molecule has 1 aromatic heterocycles. The van der Waals surface area contributed by atoms with Crippen LogP contribution in [0.1, 0.15) is 38.9 Å². The minimum atomic E-state index is 0.518. The lowest BCUT2D eigenvalue weighted by Crippen LogP contribution is -2.50. The molecule has 2 heterocycles. The van der Waals surface area contributed by atoms with Gasteiger partial charge in [0.2, 0.25) is 0 Å². The lowest BCUT2D eigenvalue weighted by Gasteiger charge is -2.33. The molecule has 5 heteroatoms. The highest BCUT2D eigenvalue weighted by Crippen LogP contribution is 2.29. The van der Waals surface area contributed by atoms with Gasteiger partial charge >= 0.3 is 0 Å². The fourth-order valence-electron chi connectivity index (χ4n) is 3.87. The highest BCUT2D eigenvalue weighted by Gasteiger charge is 2.34. The molecule has 0 amide bonds. The van der Waals surface area contributed by atoms with Crippen molar-refractivity contribution in [3.8, 4) is 0 Å². The van der Waals surface area contributed by atoms with Gasteiger partial charge < -0.3 is 19.9 Å². The number of aromatic nitrogens is 2. The summed E-state index contributed by atoms with van der Waals surface area (Å²) in [6, 6.07) is 1.10. The second-order valence-electron chi connectivity index (χ2n) is 7.11. The summed E-state index contributed by atoms with van der Waals surface area (Å²) in [5, 5.41) is 7.40. The Bertz CT molecular complexity index is 453. The van der Waals surface area contributed by atoms with Crippen molar-refractivity contribution in [3.63, 3.8) is 0 Å². The van der Waals surface area contributed by atoms with Crippen molar-refractivity contribution in [2.45, 2.75) is 58.3 Å². The molecule has 2 fully saturated rings. The van der Waals surface area contributed by atoms with E-state index in [-0.39, 0.29) is 0 Å². The number of rotatable bonds is 6. The normalized spacial score (nSPS) is 29.3. The van der Waals surface area contributed by atoms with Crippen LogP contribution in [0.2, 0.25) is 0 Å². The summed E-state index contributed by atoms with van der Waals surface area (Å²) in [6.45, 7) is 9.13. The predicted molar refractivity (Wildman–Crippen MR) is 87.6 cm³/mol. The van der Waals surface area contributed by atoms with E-state index < -0.39 is 0 Å². The lowest BCUT2D eigenvalue weighted by molar-refractivity contribution is 0.0523. The zero-order chi connectivity index (χ0) is 15.4. The Morgan fingerprint density at radius 3 is 3.14 bits per heavy atom. The van der Waals surface area contributed by atoms with E-state index >= 15 is 0 Å². The zero-order valence-corrected chi connectivity index (χ0v) is 13.9. The fourth-order valence-corrected chi connectivity index (χ4v) is 3.87. The second-order valence-corrected chi connectivity index (χ2v) is 7.11. The van der Waals surface area contributed by atoms with E-state index in [1.165, 1.54) is 19.3 Å². The summed E-state index contributed by atoms with van der Waals surface area (Å²) < 4.78 is 7.93. The van der Waals surface area contributed by atoms with E-state index in [0.29, 0.717) is 23.9 Å². The van der Waals surface area contributed by atoms with E-state index in [1.807, 2.05) is 6.20 Å². The Labute approximate surface area is 133 Å². The van der Waals surface area contributed by atoms with Crippen molar-refractivity contribution in [2.75, 3.05) is 19.8 Å². The monoisotopic (exact) mass is 306 g/mol. The van der Waals surface area contributed by atoms with Gasteiger partial charge in [0.05, 0.1) is 19.8 Å². The number of nitrogens with zero attached hydrogens (tertiary/aromatic N) is 2. The van der Waals surface area contributed by atoms with Crippen LogP contribution < -0.4 is 10.6 Å². The molecule has 0 bridgehead atoms. The molecule has 2 aliphatic rings. The van der Waals surface area contributed by atoms with Crippen LogP contribution in [0.5, 0.6) is 0 Å². The molecule has 0 radical (unpaired) electrons.